The zero-order valence-corrected chi connectivity index (χ0v) is 16.5. The second-order valence-corrected chi connectivity index (χ2v) is 9.25. The van der Waals surface area contributed by atoms with E-state index in [2.05, 4.69) is 73.1 Å². The summed E-state index contributed by atoms with van der Waals surface area (Å²) in [5.74, 6) is 0.430. The molecule has 0 aliphatic heterocycles. The predicted molar refractivity (Wildman–Crippen MR) is 95.6 cm³/mol. The molecule has 3 nitrogen and oxygen atoms in total. The molecular weight excluding hydrogens is 307 g/mol. The molecule has 0 saturated carbocycles. The maximum absolute atomic E-state index is 12.2. The van der Waals surface area contributed by atoms with Crippen molar-refractivity contribution in [2.75, 3.05) is 6.86 Å². The third kappa shape index (κ3) is 4.96. The Labute approximate surface area is 145 Å². The van der Waals surface area contributed by atoms with Crippen LogP contribution >= 0.6 is 0 Å². The first-order valence-electron chi connectivity index (χ1n) is 8.28. The van der Waals surface area contributed by atoms with Crippen LogP contribution in [0.4, 0.5) is 9.18 Å². The molecule has 0 aromatic heterocycles. The molecule has 0 unspecified atom stereocenters. The normalized spacial score (nSPS) is 12.9. The SMILES string of the molecule is CC(C)(C)c1cc(C(C)(C)C)c(C(C)(C)C)cc1OC(=O)OCF. The first-order valence-corrected chi connectivity index (χ1v) is 8.28. The van der Waals surface area contributed by atoms with E-state index >= 15 is 0 Å². The minimum Gasteiger partial charge on any atom is -0.402 e. The summed E-state index contributed by atoms with van der Waals surface area (Å²) in [5.41, 5.74) is 2.80. The van der Waals surface area contributed by atoms with Gasteiger partial charge in [-0.05, 0) is 33.4 Å². The lowest BCUT2D eigenvalue weighted by molar-refractivity contribution is 0.0605. The van der Waals surface area contributed by atoms with E-state index in [0.29, 0.717) is 5.75 Å². The van der Waals surface area contributed by atoms with Crippen molar-refractivity contribution >= 4 is 6.16 Å². The van der Waals surface area contributed by atoms with Crippen LogP contribution in [0.2, 0.25) is 0 Å². The van der Waals surface area contributed by atoms with Gasteiger partial charge in [-0.1, -0.05) is 68.4 Å². The van der Waals surface area contributed by atoms with Crippen molar-refractivity contribution in [3.63, 3.8) is 0 Å². The molecule has 4 heteroatoms. The Balaban J connectivity index is 3.65. The van der Waals surface area contributed by atoms with Crippen LogP contribution < -0.4 is 4.74 Å². The quantitative estimate of drug-likeness (QED) is 0.488. The highest BCUT2D eigenvalue weighted by Gasteiger charge is 2.30. The number of halogens is 1. The van der Waals surface area contributed by atoms with E-state index in [-0.39, 0.29) is 16.2 Å². The lowest BCUT2D eigenvalue weighted by atomic mass is 9.72. The lowest BCUT2D eigenvalue weighted by Gasteiger charge is -2.33. The fraction of sp³-hybridized carbons (Fsp3) is 0.650. The molecule has 1 aromatic rings. The summed E-state index contributed by atoms with van der Waals surface area (Å²) < 4.78 is 21.9. The maximum Gasteiger partial charge on any atom is 0.516 e. The molecule has 1 rings (SSSR count). The number of benzene rings is 1. The van der Waals surface area contributed by atoms with E-state index in [1.807, 2.05) is 6.07 Å². The molecular formula is C20H31FO3. The van der Waals surface area contributed by atoms with Gasteiger partial charge in [0, 0.05) is 5.56 Å². The van der Waals surface area contributed by atoms with E-state index < -0.39 is 13.0 Å². The second kappa shape index (κ2) is 6.73. The summed E-state index contributed by atoms with van der Waals surface area (Å²) >= 11 is 0. The lowest BCUT2D eigenvalue weighted by Crippen LogP contribution is -2.25. The van der Waals surface area contributed by atoms with Crippen molar-refractivity contribution in [1.29, 1.82) is 0 Å². The Morgan fingerprint density at radius 3 is 1.62 bits per heavy atom. The van der Waals surface area contributed by atoms with Gasteiger partial charge in [0.25, 0.3) is 0 Å². The number of hydrogen-bond donors (Lipinski definition) is 0. The van der Waals surface area contributed by atoms with Gasteiger partial charge in [0.05, 0.1) is 0 Å². The standard InChI is InChI=1S/C20H31FO3/c1-18(2,3)13-10-15(20(7,8)9)16(24-17(22)23-12-21)11-14(13)19(4,5)6/h10-11H,12H2,1-9H3. The Morgan fingerprint density at radius 2 is 1.25 bits per heavy atom. The molecule has 0 radical (unpaired) electrons. The minimum absolute atomic E-state index is 0.0550. The monoisotopic (exact) mass is 338 g/mol. The third-order valence-corrected chi connectivity index (χ3v) is 3.91. The van der Waals surface area contributed by atoms with Crippen LogP contribution in [0, 0.1) is 0 Å². The van der Waals surface area contributed by atoms with Crippen LogP contribution in [0.25, 0.3) is 0 Å². The van der Waals surface area contributed by atoms with Crippen molar-refractivity contribution < 1.29 is 18.7 Å². The molecule has 0 bridgehead atoms. The number of carbonyl (C=O) groups excluding carboxylic acids is 1. The van der Waals surface area contributed by atoms with E-state index in [1.54, 1.807) is 0 Å². The van der Waals surface area contributed by atoms with Crippen molar-refractivity contribution in [3.05, 3.63) is 28.8 Å². The van der Waals surface area contributed by atoms with Gasteiger partial charge in [-0.2, -0.15) is 0 Å². The summed E-state index contributed by atoms with van der Waals surface area (Å²) in [7, 11) is 0. The fourth-order valence-corrected chi connectivity index (χ4v) is 2.66. The van der Waals surface area contributed by atoms with Gasteiger partial charge >= 0.3 is 6.16 Å². The van der Waals surface area contributed by atoms with Gasteiger partial charge in [0.15, 0.2) is 0 Å². The highest BCUT2D eigenvalue weighted by Crippen LogP contribution is 2.41. The highest BCUT2D eigenvalue weighted by molar-refractivity contribution is 5.66. The maximum atomic E-state index is 12.2. The first kappa shape index (κ1) is 20.5. The van der Waals surface area contributed by atoms with Gasteiger partial charge in [0.1, 0.15) is 5.75 Å². The highest BCUT2D eigenvalue weighted by atomic mass is 19.1. The third-order valence-electron chi connectivity index (χ3n) is 3.91. The van der Waals surface area contributed by atoms with Crippen LogP contribution in [0.5, 0.6) is 5.75 Å². The number of hydrogen-bond acceptors (Lipinski definition) is 3. The molecule has 0 aliphatic rings. The fourth-order valence-electron chi connectivity index (χ4n) is 2.66. The number of ether oxygens (including phenoxy) is 2. The van der Waals surface area contributed by atoms with Gasteiger partial charge in [0.2, 0.25) is 6.86 Å². The number of alkyl halides is 1. The molecule has 0 spiro atoms. The number of rotatable bonds is 2. The largest absolute Gasteiger partial charge is 0.516 e. The van der Waals surface area contributed by atoms with Crippen LogP contribution in [0.3, 0.4) is 0 Å². The molecule has 0 fully saturated rings. The van der Waals surface area contributed by atoms with Gasteiger partial charge in [-0.15, -0.1) is 0 Å². The summed E-state index contributed by atoms with van der Waals surface area (Å²) in [6.07, 6.45) is -1.02. The van der Waals surface area contributed by atoms with Crippen molar-refractivity contribution in [2.45, 2.75) is 78.6 Å². The Morgan fingerprint density at radius 1 is 0.833 bits per heavy atom. The second-order valence-electron chi connectivity index (χ2n) is 9.25. The van der Waals surface area contributed by atoms with E-state index in [9.17, 15) is 9.18 Å². The van der Waals surface area contributed by atoms with E-state index in [1.165, 1.54) is 5.56 Å². The van der Waals surface area contributed by atoms with Crippen molar-refractivity contribution in [3.8, 4) is 5.75 Å². The molecule has 0 heterocycles. The van der Waals surface area contributed by atoms with E-state index in [4.69, 9.17) is 4.74 Å². The summed E-state index contributed by atoms with van der Waals surface area (Å²) in [6.45, 7) is 17.8. The van der Waals surface area contributed by atoms with Gasteiger partial charge < -0.3 is 9.47 Å². The summed E-state index contributed by atoms with van der Waals surface area (Å²) in [5, 5.41) is 0. The first-order chi connectivity index (χ1) is 10.7. The Bertz CT molecular complexity index is 599. The smallest absolute Gasteiger partial charge is 0.402 e. The molecule has 0 N–H and O–H groups in total. The van der Waals surface area contributed by atoms with E-state index in [0.717, 1.165) is 11.1 Å². The van der Waals surface area contributed by atoms with Crippen molar-refractivity contribution in [2.24, 2.45) is 0 Å². The number of carbonyl (C=O) groups is 1. The molecule has 0 amide bonds. The van der Waals surface area contributed by atoms with Crippen LogP contribution in [0.15, 0.2) is 12.1 Å². The minimum atomic E-state index is -1.20. The predicted octanol–water partition coefficient (Wildman–Crippen LogP) is 6.02. The molecule has 1 aromatic carbocycles. The van der Waals surface area contributed by atoms with Crippen LogP contribution in [-0.4, -0.2) is 13.0 Å². The average molecular weight is 338 g/mol. The van der Waals surface area contributed by atoms with Crippen molar-refractivity contribution in [1.82, 2.24) is 0 Å². The molecule has 0 aliphatic carbocycles. The Kier molecular flexibility index (Phi) is 5.74. The van der Waals surface area contributed by atoms with Crippen LogP contribution in [0.1, 0.15) is 79.0 Å². The molecule has 24 heavy (non-hydrogen) atoms. The molecule has 0 saturated heterocycles. The van der Waals surface area contributed by atoms with Gasteiger partial charge in [-0.25, -0.2) is 9.18 Å². The average Bonchev–Trinajstić information content (AvgIpc) is 2.34. The summed E-state index contributed by atoms with van der Waals surface area (Å²) in [6, 6.07) is 4.01. The zero-order chi connectivity index (χ0) is 18.9. The zero-order valence-electron chi connectivity index (χ0n) is 16.5. The topological polar surface area (TPSA) is 35.5 Å². The molecule has 136 valence electrons. The van der Waals surface area contributed by atoms with Crippen LogP contribution in [-0.2, 0) is 21.0 Å². The summed E-state index contributed by atoms with van der Waals surface area (Å²) in [4.78, 5) is 11.7. The Hall–Kier alpha value is -1.58. The molecule has 0 atom stereocenters. The van der Waals surface area contributed by atoms with Gasteiger partial charge in [-0.3, -0.25) is 0 Å².